The minimum Gasteiger partial charge on any atom is -0.0671 e. The van der Waals surface area contributed by atoms with E-state index in [1.165, 1.54) is 19.3 Å². The van der Waals surface area contributed by atoms with Gasteiger partial charge in [0.15, 0.2) is 0 Å². The van der Waals surface area contributed by atoms with Gasteiger partial charge in [0.2, 0.25) is 0 Å². The van der Waals surface area contributed by atoms with Crippen LogP contribution < -0.4 is 0 Å². The van der Waals surface area contributed by atoms with E-state index in [0.717, 1.165) is 0 Å². The van der Waals surface area contributed by atoms with Crippen LogP contribution in [0.4, 0.5) is 0 Å². The van der Waals surface area contributed by atoms with Crippen LogP contribution in [0.1, 0.15) is 47.0 Å². The molecule has 0 aromatic rings. The van der Waals surface area contributed by atoms with E-state index in [4.69, 9.17) is 0 Å². The summed E-state index contributed by atoms with van der Waals surface area (Å²) in [6.07, 6.45) is 4.14. The SMILES string of the molecule is CC1(C)[B]C(C)(C)CCC1. The molecule has 0 aromatic carbocycles. The molecular formula is C9H18B. The van der Waals surface area contributed by atoms with Gasteiger partial charge < -0.3 is 0 Å². The maximum atomic E-state index is 2.52. The number of rotatable bonds is 0. The van der Waals surface area contributed by atoms with Gasteiger partial charge in [-0.15, -0.1) is 0 Å². The minimum absolute atomic E-state index is 0.488. The fourth-order valence-corrected chi connectivity index (χ4v) is 2.20. The highest BCUT2D eigenvalue weighted by molar-refractivity contribution is 6.44. The third-order valence-corrected chi connectivity index (χ3v) is 2.42. The first-order valence-corrected chi connectivity index (χ1v) is 4.28. The van der Waals surface area contributed by atoms with Crippen molar-refractivity contribution in [3.05, 3.63) is 0 Å². The average Bonchev–Trinajstić information content (AvgIpc) is 1.56. The van der Waals surface area contributed by atoms with Crippen molar-refractivity contribution in [2.45, 2.75) is 57.6 Å². The van der Waals surface area contributed by atoms with Crippen LogP contribution >= 0.6 is 0 Å². The molecule has 1 fully saturated rings. The average molecular weight is 137 g/mol. The third-order valence-electron chi connectivity index (χ3n) is 2.42. The Morgan fingerprint density at radius 1 is 0.900 bits per heavy atom. The topological polar surface area (TPSA) is 0 Å². The van der Waals surface area contributed by atoms with Gasteiger partial charge in [0.25, 0.3) is 0 Å². The van der Waals surface area contributed by atoms with Crippen LogP contribution in [-0.4, -0.2) is 7.28 Å². The third kappa shape index (κ3) is 2.03. The standard InChI is InChI=1S/C9H18B/c1-8(2)6-5-7-9(3,4)10-8/h5-7H2,1-4H3. The lowest BCUT2D eigenvalue weighted by Crippen LogP contribution is -2.28. The molecule has 0 amide bonds. The Bertz CT molecular complexity index is 111. The Hall–Kier alpha value is 0.0649. The smallest absolute Gasteiger partial charge is 0.0671 e. The summed E-state index contributed by atoms with van der Waals surface area (Å²) in [7, 11) is 2.52. The maximum Gasteiger partial charge on any atom is 0.124 e. The molecule has 0 saturated carbocycles. The largest absolute Gasteiger partial charge is 0.124 e. The monoisotopic (exact) mass is 137 g/mol. The lowest BCUT2D eigenvalue weighted by Gasteiger charge is -2.39. The van der Waals surface area contributed by atoms with Gasteiger partial charge in [-0.1, -0.05) is 57.6 Å². The van der Waals surface area contributed by atoms with Crippen molar-refractivity contribution >= 4 is 7.28 Å². The minimum atomic E-state index is 0.488. The Kier molecular flexibility index (Phi) is 1.87. The molecule has 0 nitrogen and oxygen atoms in total. The highest BCUT2D eigenvalue weighted by Crippen LogP contribution is 2.47. The normalized spacial score (nSPS) is 29.2. The van der Waals surface area contributed by atoms with Gasteiger partial charge in [0.05, 0.1) is 0 Å². The molecule has 0 atom stereocenters. The van der Waals surface area contributed by atoms with Crippen molar-refractivity contribution in [1.29, 1.82) is 0 Å². The molecule has 0 spiro atoms. The van der Waals surface area contributed by atoms with Crippen LogP contribution in [0.3, 0.4) is 0 Å². The Morgan fingerprint density at radius 2 is 1.30 bits per heavy atom. The van der Waals surface area contributed by atoms with Gasteiger partial charge in [-0.25, -0.2) is 0 Å². The molecule has 1 heteroatoms. The van der Waals surface area contributed by atoms with Crippen LogP contribution in [0, 0.1) is 0 Å². The van der Waals surface area contributed by atoms with E-state index in [2.05, 4.69) is 35.0 Å². The van der Waals surface area contributed by atoms with Crippen molar-refractivity contribution < 1.29 is 0 Å². The number of hydrogen-bond donors (Lipinski definition) is 0. The summed E-state index contributed by atoms with van der Waals surface area (Å²) in [6.45, 7) is 9.36. The molecule has 1 rings (SSSR count). The second kappa shape index (κ2) is 2.28. The second-order valence-electron chi connectivity index (χ2n) is 4.98. The fraction of sp³-hybridized carbons (Fsp3) is 1.00. The summed E-state index contributed by atoms with van der Waals surface area (Å²) in [4.78, 5) is 0. The van der Waals surface area contributed by atoms with Crippen molar-refractivity contribution in [3.8, 4) is 0 Å². The van der Waals surface area contributed by atoms with Crippen LogP contribution in [0.5, 0.6) is 0 Å². The first kappa shape index (κ1) is 8.16. The zero-order chi connectivity index (χ0) is 7.83. The molecular weight excluding hydrogens is 119 g/mol. The second-order valence-corrected chi connectivity index (χ2v) is 4.98. The fourth-order valence-electron chi connectivity index (χ4n) is 2.20. The van der Waals surface area contributed by atoms with Gasteiger partial charge in [0, 0.05) is 0 Å². The summed E-state index contributed by atoms with van der Waals surface area (Å²) < 4.78 is 0. The van der Waals surface area contributed by atoms with Gasteiger partial charge in [-0.05, 0) is 0 Å². The lowest BCUT2D eigenvalue weighted by atomic mass is 9.36. The van der Waals surface area contributed by atoms with E-state index >= 15 is 0 Å². The summed E-state index contributed by atoms with van der Waals surface area (Å²) >= 11 is 0. The molecule has 0 aromatic heterocycles. The zero-order valence-electron chi connectivity index (χ0n) is 7.70. The summed E-state index contributed by atoms with van der Waals surface area (Å²) in [5.41, 5.74) is 0. The molecule has 57 valence electrons. The van der Waals surface area contributed by atoms with Crippen molar-refractivity contribution in [2.24, 2.45) is 0 Å². The molecule has 1 radical (unpaired) electrons. The van der Waals surface area contributed by atoms with E-state index in [9.17, 15) is 0 Å². The van der Waals surface area contributed by atoms with Crippen molar-refractivity contribution in [1.82, 2.24) is 0 Å². The lowest BCUT2D eigenvalue weighted by molar-refractivity contribution is 0.439. The van der Waals surface area contributed by atoms with E-state index in [-0.39, 0.29) is 0 Å². The Morgan fingerprint density at radius 3 is 1.50 bits per heavy atom. The van der Waals surface area contributed by atoms with Crippen molar-refractivity contribution in [2.75, 3.05) is 0 Å². The van der Waals surface area contributed by atoms with E-state index < -0.39 is 0 Å². The predicted octanol–water partition coefficient (Wildman–Crippen LogP) is 3.27. The van der Waals surface area contributed by atoms with Crippen LogP contribution in [-0.2, 0) is 0 Å². The summed E-state index contributed by atoms with van der Waals surface area (Å²) in [5, 5.41) is 0.976. The van der Waals surface area contributed by atoms with E-state index in [1.807, 2.05) is 0 Å². The highest BCUT2D eigenvalue weighted by Gasteiger charge is 2.33. The van der Waals surface area contributed by atoms with Crippen molar-refractivity contribution in [3.63, 3.8) is 0 Å². The van der Waals surface area contributed by atoms with Crippen LogP contribution in [0.15, 0.2) is 0 Å². The maximum absolute atomic E-state index is 2.52. The van der Waals surface area contributed by atoms with Crippen LogP contribution in [0.25, 0.3) is 0 Å². The molecule has 0 bridgehead atoms. The van der Waals surface area contributed by atoms with Gasteiger partial charge in [-0.2, -0.15) is 0 Å². The molecule has 1 aliphatic heterocycles. The Balaban J connectivity index is 2.56. The molecule has 10 heavy (non-hydrogen) atoms. The van der Waals surface area contributed by atoms with Crippen LogP contribution in [0.2, 0.25) is 10.6 Å². The molecule has 0 N–H and O–H groups in total. The quantitative estimate of drug-likeness (QED) is 0.449. The van der Waals surface area contributed by atoms with E-state index in [0.29, 0.717) is 10.6 Å². The molecule has 0 unspecified atom stereocenters. The summed E-state index contributed by atoms with van der Waals surface area (Å²) in [5.74, 6) is 0. The van der Waals surface area contributed by atoms with Gasteiger partial charge in [-0.3, -0.25) is 0 Å². The number of hydrogen-bond acceptors (Lipinski definition) is 0. The molecule has 1 saturated heterocycles. The van der Waals surface area contributed by atoms with Gasteiger partial charge in [0.1, 0.15) is 7.28 Å². The molecule has 0 aliphatic carbocycles. The van der Waals surface area contributed by atoms with E-state index in [1.54, 1.807) is 0 Å². The molecule has 1 aliphatic rings. The first-order chi connectivity index (χ1) is 4.41. The Labute approximate surface area is 65.6 Å². The first-order valence-electron chi connectivity index (χ1n) is 4.28. The molecule has 1 heterocycles. The summed E-state index contributed by atoms with van der Waals surface area (Å²) in [6, 6.07) is 0. The highest BCUT2D eigenvalue weighted by atomic mass is 14.2. The zero-order valence-corrected chi connectivity index (χ0v) is 7.70. The van der Waals surface area contributed by atoms with Gasteiger partial charge >= 0.3 is 0 Å². The predicted molar refractivity (Wildman–Crippen MR) is 47.7 cm³/mol.